The lowest BCUT2D eigenvalue weighted by Crippen LogP contribution is -1.97. The van der Waals surface area contributed by atoms with Crippen molar-refractivity contribution < 1.29 is 9.59 Å². The molecule has 1 aromatic carbocycles. The van der Waals surface area contributed by atoms with Gasteiger partial charge in [0.15, 0.2) is 0 Å². The van der Waals surface area contributed by atoms with Crippen LogP contribution in [-0.2, 0) is 16.0 Å². The normalized spacial score (nSPS) is 9.65. The number of Topliss-reactive ketones (excluding diaryl/α,β-unsaturated/α-hetero) is 1. The van der Waals surface area contributed by atoms with Gasteiger partial charge < -0.3 is 5.32 Å². The second kappa shape index (κ2) is 11.2. The maximum Gasteiger partial charge on any atom is 0.211 e. The first-order chi connectivity index (χ1) is 9.49. The van der Waals surface area contributed by atoms with Crippen LogP contribution in [0.25, 0.3) is 0 Å². The lowest BCUT2D eigenvalue weighted by molar-refractivity contribution is -0.118. The highest BCUT2D eigenvalue weighted by Gasteiger charge is 1.99. The molecule has 3 heteroatoms. The van der Waals surface area contributed by atoms with Gasteiger partial charge in [0.2, 0.25) is 6.41 Å². The molecule has 3 nitrogen and oxygen atoms in total. The molecule has 1 aromatic rings. The Morgan fingerprint density at radius 2 is 1.95 bits per heavy atom. The van der Waals surface area contributed by atoms with Gasteiger partial charge >= 0.3 is 0 Å². The second-order valence-electron chi connectivity index (χ2n) is 5.44. The van der Waals surface area contributed by atoms with Crippen LogP contribution < -0.4 is 5.32 Å². The number of nitrogens with one attached hydrogen (secondary N) is 1. The summed E-state index contributed by atoms with van der Waals surface area (Å²) in [5.74, 6) is 1.14. The summed E-state index contributed by atoms with van der Waals surface area (Å²) >= 11 is 0. The Kier molecular flexibility index (Phi) is 10.3. The SMILES string of the molecule is CC(C)C.CCC(=O)CCCc1cccc(NC=O)c1. The van der Waals surface area contributed by atoms with Crippen molar-refractivity contribution in [3.8, 4) is 0 Å². The quantitative estimate of drug-likeness (QED) is 0.758. The Balaban J connectivity index is 0.000000796. The van der Waals surface area contributed by atoms with E-state index in [2.05, 4.69) is 26.1 Å². The van der Waals surface area contributed by atoms with Crippen molar-refractivity contribution in [1.82, 2.24) is 0 Å². The molecule has 0 fully saturated rings. The van der Waals surface area contributed by atoms with Crippen molar-refractivity contribution in [2.45, 2.75) is 53.4 Å². The standard InChI is InChI=1S/C13H17NO2.C4H10/c1-2-13(16)8-4-6-11-5-3-7-12(9-11)14-10-15;1-4(2)3/h3,5,7,9-10H,2,4,6,8H2,1H3,(H,14,15);4H,1-3H3. The van der Waals surface area contributed by atoms with Gasteiger partial charge in [0, 0.05) is 18.5 Å². The molecule has 0 saturated heterocycles. The summed E-state index contributed by atoms with van der Waals surface area (Å²) in [6.07, 6.45) is 3.67. The van der Waals surface area contributed by atoms with Gasteiger partial charge in [-0.3, -0.25) is 9.59 Å². The molecule has 0 aliphatic heterocycles. The minimum Gasteiger partial charge on any atom is -0.329 e. The fourth-order valence-corrected chi connectivity index (χ4v) is 1.55. The molecule has 1 rings (SSSR count). The number of hydrogen-bond donors (Lipinski definition) is 1. The Hall–Kier alpha value is -1.64. The van der Waals surface area contributed by atoms with Crippen LogP contribution in [0.15, 0.2) is 24.3 Å². The van der Waals surface area contributed by atoms with Crippen molar-refractivity contribution in [3.05, 3.63) is 29.8 Å². The van der Waals surface area contributed by atoms with Gasteiger partial charge in [-0.25, -0.2) is 0 Å². The van der Waals surface area contributed by atoms with Gasteiger partial charge in [0.1, 0.15) is 5.78 Å². The van der Waals surface area contributed by atoms with Crippen molar-refractivity contribution in [2.24, 2.45) is 5.92 Å². The number of aryl methyl sites for hydroxylation is 1. The number of carbonyl (C=O) groups is 2. The van der Waals surface area contributed by atoms with E-state index >= 15 is 0 Å². The molecule has 0 heterocycles. The second-order valence-corrected chi connectivity index (χ2v) is 5.44. The lowest BCUT2D eigenvalue weighted by atomic mass is 10.1. The molecule has 0 aliphatic carbocycles. The minimum absolute atomic E-state index is 0.308. The lowest BCUT2D eigenvalue weighted by Gasteiger charge is -2.03. The molecule has 0 saturated carbocycles. The molecule has 112 valence electrons. The van der Waals surface area contributed by atoms with Crippen LogP contribution in [0.3, 0.4) is 0 Å². The van der Waals surface area contributed by atoms with E-state index in [1.165, 1.54) is 0 Å². The Bertz CT molecular complexity index is 397. The average molecular weight is 277 g/mol. The highest BCUT2D eigenvalue weighted by atomic mass is 16.1. The van der Waals surface area contributed by atoms with E-state index in [1.807, 2.05) is 31.2 Å². The third-order valence-electron chi connectivity index (χ3n) is 2.47. The van der Waals surface area contributed by atoms with Crippen LogP contribution in [0.4, 0.5) is 5.69 Å². The van der Waals surface area contributed by atoms with Gasteiger partial charge in [0.25, 0.3) is 0 Å². The summed E-state index contributed by atoms with van der Waals surface area (Å²) in [5.41, 5.74) is 1.95. The van der Waals surface area contributed by atoms with Crippen LogP contribution in [0.2, 0.25) is 0 Å². The van der Waals surface area contributed by atoms with Crippen molar-refractivity contribution in [1.29, 1.82) is 0 Å². The first-order valence-corrected chi connectivity index (χ1v) is 7.30. The van der Waals surface area contributed by atoms with E-state index in [0.29, 0.717) is 25.0 Å². The van der Waals surface area contributed by atoms with E-state index in [4.69, 9.17) is 0 Å². The Labute approximate surface area is 122 Å². The van der Waals surface area contributed by atoms with Gasteiger partial charge in [-0.05, 0) is 36.5 Å². The van der Waals surface area contributed by atoms with Crippen molar-refractivity contribution >= 4 is 17.9 Å². The van der Waals surface area contributed by atoms with Crippen molar-refractivity contribution in [2.75, 3.05) is 5.32 Å². The molecule has 20 heavy (non-hydrogen) atoms. The molecule has 0 radical (unpaired) electrons. The molecule has 0 aromatic heterocycles. The van der Waals surface area contributed by atoms with Gasteiger partial charge in [-0.15, -0.1) is 0 Å². The van der Waals surface area contributed by atoms with Crippen LogP contribution in [0.1, 0.15) is 52.5 Å². The summed E-state index contributed by atoms with van der Waals surface area (Å²) in [7, 11) is 0. The topological polar surface area (TPSA) is 46.2 Å². The zero-order valence-corrected chi connectivity index (χ0v) is 13.1. The van der Waals surface area contributed by atoms with Crippen LogP contribution in [-0.4, -0.2) is 12.2 Å². The summed E-state index contributed by atoms with van der Waals surface area (Å²) < 4.78 is 0. The van der Waals surface area contributed by atoms with E-state index in [0.717, 1.165) is 30.0 Å². The molecule has 1 N–H and O–H groups in total. The molecule has 0 unspecified atom stereocenters. The first-order valence-electron chi connectivity index (χ1n) is 7.30. The van der Waals surface area contributed by atoms with Gasteiger partial charge in [-0.1, -0.05) is 39.8 Å². The highest BCUT2D eigenvalue weighted by Crippen LogP contribution is 2.12. The smallest absolute Gasteiger partial charge is 0.211 e. The maximum absolute atomic E-state index is 11.1. The molecule has 0 bridgehead atoms. The zero-order chi connectivity index (χ0) is 15.4. The van der Waals surface area contributed by atoms with Crippen LogP contribution in [0, 0.1) is 5.92 Å². The molecule has 0 atom stereocenters. The molecule has 0 spiro atoms. The molecule has 1 amide bonds. The predicted octanol–water partition coefficient (Wildman–Crippen LogP) is 4.22. The first kappa shape index (κ1) is 18.4. The van der Waals surface area contributed by atoms with E-state index in [-0.39, 0.29) is 0 Å². The number of hydrogen-bond acceptors (Lipinski definition) is 2. The average Bonchev–Trinajstić information content (AvgIpc) is 2.39. The Morgan fingerprint density at radius 1 is 1.30 bits per heavy atom. The maximum atomic E-state index is 11.1. The van der Waals surface area contributed by atoms with Crippen molar-refractivity contribution in [3.63, 3.8) is 0 Å². The minimum atomic E-state index is 0.308. The third-order valence-corrected chi connectivity index (χ3v) is 2.47. The fourth-order valence-electron chi connectivity index (χ4n) is 1.55. The number of benzene rings is 1. The van der Waals surface area contributed by atoms with Gasteiger partial charge in [0.05, 0.1) is 0 Å². The molecular weight excluding hydrogens is 250 g/mol. The monoisotopic (exact) mass is 277 g/mol. The van der Waals surface area contributed by atoms with E-state index in [1.54, 1.807) is 0 Å². The fraction of sp³-hybridized carbons (Fsp3) is 0.529. The number of ketones is 1. The summed E-state index contributed by atoms with van der Waals surface area (Å²) in [6, 6.07) is 7.69. The molecular formula is C17H27NO2. The third kappa shape index (κ3) is 10.3. The van der Waals surface area contributed by atoms with Crippen LogP contribution in [0.5, 0.6) is 0 Å². The summed E-state index contributed by atoms with van der Waals surface area (Å²) in [5, 5.41) is 2.61. The summed E-state index contributed by atoms with van der Waals surface area (Å²) in [6.45, 7) is 8.39. The highest BCUT2D eigenvalue weighted by molar-refractivity contribution is 5.78. The summed E-state index contributed by atoms with van der Waals surface area (Å²) in [4.78, 5) is 21.4. The predicted molar refractivity (Wildman–Crippen MR) is 84.9 cm³/mol. The number of anilines is 1. The molecule has 0 aliphatic rings. The number of amides is 1. The van der Waals surface area contributed by atoms with E-state index in [9.17, 15) is 9.59 Å². The van der Waals surface area contributed by atoms with E-state index < -0.39 is 0 Å². The Morgan fingerprint density at radius 3 is 2.50 bits per heavy atom. The largest absolute Gasteiger partial charge is 0.329 e. The number of carbonyl (C=O) groups excluding carboxylic acids is 2. The van der Waals surface area contributed by atoms with Crippen LogP contribution >= 0.6 is 0 Å². The van der Waals surface area contributed by atoms with Gasteiger partial charge in [-0.2, -0.15) is 0 Å². The zero-order valence-electron chi connectivity index (χ0n) is 13.1. The number of rotatable bonds is 7.